The zero-order valence-electron chi connectivity index (χ0n) is 9.82. The summed E-state index contributed by atoms with van der Waals surface area (Å²) in [4.78, 5) is 11.9. The summed E-state index contributed by atoms with van der Waals surface area (Å²) in [6, 6.07) is 0. The molecule has 1 heterocycles. The Bertz CT molecular complexity index is 405. The lowest BCUT2D eigenvalue weighted by Crippen LogP contribution is -2.20. The van der Waals surface area contributed by atoms with Gasteiger partial charge in [-0.05, 0) is 5.92 Å². The number of nitrogens with zero attached hydrogens (tertiary/aromatic N) is 1. The van der Waals surface area contributed by atoms with E-state index in [4.69, 9.17) is 22.7 Å². The van der Waals surface area contributed by atoms with E-state index in [-0.39, 0.29) is 16.8 Å². The van der Waals surface area contributed by atoms with E-state index >= 15 is 0 Å². The van der Waals surface area contributed by atoms with Crippen LogP contribution in [0.4, 0.5) is 5.82 Å². The van der Waals surface area contributed by atoms with Gasteiger partial charge in [-0.25, -0.2) is 0 Å². The number of aromatic amines is 1. The van der Waals surface area contributed by atoms with Gasteiger partial charge in [-0.2, -0.15) is 5.10 Å². The first-order valence-electron chi connectivity index (χ1n) is 5.16. The molecule has 0 fully saturated rings. The van der Waals surface area contributed by atoms with Gasteiger partial charge in [0.05, 0.1) is 11.8 Å². The predicted octanol–water partition coefficient (Wildman–Crippen LogP) is 0.655. The van der Waals surface area contributed by atoms with Gasteiger partial charge >= 0.3 is 0 Å². The summed E-state index contributed by atoms with van der Waals surface area (Å²) in [6.45, 7) is 2.48. The number of anilines is 1. The number of carbonyl (C=O) groups is 1. The summed E-state index contributed by atoms with van der Waals surface area (Å²) < 4.78 is 4.96. The zero-order valence-corrected chi connectivity index (χ0v) is 10.6. The molecule has 0 radical (unpaired) electrons. The van der Waals surface area contributed by atoms with Crippen molar-refractivity contribution in [2.45, 2.75) is 13.3 Å². The third kappa shape index (κ3) is 4.12. The van der Waals surface area contributed by atoms with Crippen molar-refractivity contribution in [1.82, 2.24) is 10.2 Å². The summed E-state index contributed by atoms with van der Waals surface area (Å²) in [5.41, 5.74) is 6.02. The summed E-state index contributed by atoms with van der Waals surface area (Å²) >= 11 is 4.83. The number of nitrogens with two attached hydrogens (primary N) is 1. The molecule has 0 saturated carbocycles. The second kappa shape index (κ2) is 6.31. The zero-order chi connectivity index (χ0) is 12.8. The van der Waals surface area contributed by atoms with Crippen LogP contribution in [0.15, 0.2) is 6.20 Å². The van der Waals surface area contributed by atoms with Gasteiger partial charge in [0.25, 0.3) is 0 Å². The van der Waals surface area contributed by atoms with Crippen molar-refractivity contribution >= 4 is 28.9 Å². The third-order valence-electron chi connectivity index (χ3n) is 2.15. The van der Waals surface area contributed by atoms with Crippen LogP contribution in [0, 0.1) is 5.92 Å². The molecule has 1 rings (SSSR count). The smallest absolute Gasteiger partial charge is 0.225 e. The van der Waals surface area contributed by atoms with Crippen LogP contribution in [0.5, 0.6) is 0 Å². The number of methoxy groups -OCH3 is 1. The van der Waals surface area contributed by atoms with Crippen molar-refractivity contribution < 1.29 is 9.53 Å². The number of thiocarbonyl (C=S) groups is 1. The maximum Gasteiger partial charge on any atom is 0.225 e. The highest BCUT2D eigenvalue weighted by atomic mass is 32.1. The van der Waals surface area contributed by atoms with Gasteiger partial charge in [0.15, 0.2) is 0 Å². The molecular formula is C10H16N4O2S. The SMILES string of the molecule is COCC(C)CC(=O)Nc1[nH]ncc1C(N)=S. The molecule has 1 atom stereocenters. The second-order valence-electron chi connectivity index (χ2n) is 3.84. The minimum atomic E-state index is -0.128. The second-order valence-corrected chi connectivity index (χ2v) is 4.28. The van der Waals surface area contributed by atoms with E-state index < -0.39 is 0 Å². The molecule has 7 heteroatoms. The van der Waals surface area contributed by atoms with Crippen molar-refractivity contribution in [3.05, 3.63) is 11.8 Å². The Morgan fingerprint density at radius 2 is 2.47 bits per heavy atom. The molecule has 1 amide bonds. The molecule has 0 aliphatic heterocycles. The molecule has 1 aromatic rings. The maximum atomic E-state index is 11.7. The largest absolute Gasteiger partial charge is 0.389 e. The van der Waals surface area contributed by atoms with Crippen molar-refractivity contribution in [1.29, 1.82) is 0 Å². The Labute approximate surface area is 105 Å². The Morgan fingerprint density at radius 3 is 3.06 bits per heavy atom. The van der Waals surface area contributed by atoms with Gasteiger partial charge in [0.1, 0.15) is 10.8 Å². The molecule has 17 heavy (non-hydrogen) atoms. The fourth-order valence-electron chi connectivity index (χ4n) is 1.42. The van der Waals surface area contributed by atoms with E-state index in [2.05, 4.69) is 15.5 Å². The van der Waals surface area contributed by atoms with E-state index in [1.54, 1.807) is 7.11 Å². The third-order valence-corrected chi connectivity index (χ3v) is 2.37. The summed E-state index contributed by atoms with van der Waals surface area (Å²) in [5.74, 6) is 0.458. The summed E-state index contributed by atoms with van der Waals surface area (Å²) in [5, 5.41) is 9.10. The molecule has 1 aromatic heterocycles. The first-order chi connectivity index (χ1) is 8.04. The predicted molar refractivity (Wildman–Crippen MR) is 68.8 cm³/mol. The van der Waals surface area contributed by atoms with Crippen LogP contribution in [0.2, 0.25) is 0 Å². The molecule has 0 spiro atoms. The van der Waals surface area contributed by atoms with Gasteiger partial charge in [0, 0.05) is 20.1 Å². The van der Waals surface area contributed by atoms with Crippen molar-refractivity contribution in [2.24, 2.45) is 11.7 Å². The van der Waals surface area contributed by atoms with Crippen LogP contribution in [-0.4, -0.2) is 34.8 Å². The van der Waals surface area contributed by atoms with E-state index in [9.17, 15) is 4.79 Å². The van der Waals surface area contributed by atoms with Gasteiger partial charge in [-0.3, -0.25) is 9.89 Å². The quantitative estimate of drug-likeness (QED) is 0.650. The average Bonchev–Trinajstić information content (AvgIpc) is 2.65. The highest BCUT2D eigenvalue weighted by Crippen LogP contribution is 2.12. The Morgan fingerprint density at radius 1 is 1.76 bits per heavy atom. The standard InChI is InChI=1S/C10H16N4O2S/c1-6(5-16-2)3-8(15)13-10-7(9(11)17)4-12-14-10/h4,6H,3,5H2,1-2H3,(H2,11,17)(H2,12,13,14,15). The van der Waals surface area contributed by atoms with Crippen molar-refractivity contribution in [2.75, 3.05) is 19.0 Å². The number of hydrogen-bond acceptors (Lipinski definition) is 4. The van der Waals surface area contributed by atoms with Crippen molar-refractivity contribution in [3.8, 4) is 0 Å². The number of nitrogens with one attached hydrogen (secondary N) is 2. The van der Waals surface area contributed by atoms with Crippen LogP contribution in [0.25, 0.3) is 0 Å². The molecule has 0 aromatic carbocycles. The lowest BCUT2D eigenvalue weighted by atomic mass is 10.1. The Kier molecular flexibility index (Phi) is 5.05. The molecule has 94 valence electrons. The number of ether oxygens (including phenoxy) is 1. The van der Waals surface area contributed by atoms with Gasteiger partial charge in [0.2, 0.25) is 5.91 Å². The van der Waals surface area contributed by atoms with E-state index in [1.807, 2.05) is 6.92 Å². The molecule has 1 unspecified atom stereocenters. The summed E-state index contributed by atoms with van der Waals surface area (Å²) in [6.07, 6.45) is 1.85. The normalized spacial score (nSPS) is 12.1. The first kappa shape index (κ1) is 13.6. The fraction of sp³-hybridized carbons (Fsp3) is 0.500. The number of hydrogen-bond donors (Lipinski definition) is 3. The van der Waals surface area contributed by atoms with Crippen LogP contribution < -0.4 is 11.1 Å². The van der Waals surface area contributed by atoms with E-state index in [1.165, 1.54) is 6.20 Å². The highest BCUT2D eigenvalue weighted by Gasteiger charge is 2.13. The molecule has 6 nitrogen and oxygen atoms in total. The van der Waals surface area contributed by atoms with Crippen molar-refractivity contribution in [3.63, 3.8) is 0 Å². The van der Waals surface area contributed by atoms with Crippen LogP contribution in [0.1, 0.15) is 18.9 Å². The highest BCUT2D eigenvalue weighted by molar-refractivity contribution is 7.80. The minimum absolute atomic E-state index is 0.128. The monoisotopic (exact) mass is 256 g/mol. The Hall–Kier alpha value is -1.47. The van der Waals surface area contributed by atoms with Gasteiger partial charge in [-0.15, -0.1) is 0 Å². The van der Waals surface area contributed by atoms with Gasteiger partial charge < -0.3 is 15.8 Å². The molecule has 0 aliphatic rings. The molecule has 4 N–H and O–H groups in total. The maximum absolute atomic E-state index is 11.7. The Balaban J connectivity index is 2.56. The van der Waals surface area contributed by atoms with E-state index in [0.717, 1.165) is 0 Å². The van der Waals surface area contributed by atoms with E-state index in [0.29, 0.717) is 24.4 Å². The summed E-state index contributed by atoms with van der Waals surface area (Å²) in [7, 11) is 1.61. The molecule has 0 saturated heterocycles. The minimum Gasteiger partial charge on any atom is -0.389 e. The number of amides is 1. The number of carbonyl (C=O) groups excluding carboxylic acids is 1. The molecule has 0 aliphatic carbocycles. The number of rotatable bonds is 6. The molecular weight excluding hydrogens is 240 g/mol. The van der Waals surface area contributed by atoms with Crippen LogP contribution in [0.3, 0.4) is 0 Å². The number of aromatic nitrogens is 2. The lowest BCUT2D eigenvalue weighted by molar-refractivity contribution is -0.117. The number of H-pyrrole nitrogens is 1. The average molecular weight is 256 g/mol. The van der Waals surface area contributed by atoms with Crippen LogP contribution >= 0.6 is 12.2 Å². The molecule has 0 bridgehead atoms. The fourth-order valence-corrected chi connectivity index (χ4v) is 1.57. The first-order valence-corrected chi connectivity index (χ1v) is 5.57. The van der Waals surface area contributed by atoms with Gasteiger partial charge in [-0.1, -0.05) is 19.1 Å². The topological polar surface area (TPSA) is 93.0 Å². The lowest BCUT2D eigenvalue weighted by Gasteiger charge is -2.10. The van der Waals surface area contributed by atoms with Crippen LogP contribution in [-0.2, 0) is 9.53 Å².